The molecule has 1 N–H and O–H groups in total. The van der Waals surface area contributed by atoms with Crippen LogP contribution in [0.15, 0.2) is 12.4 Å². The number of hydrogen-bond acceptors (Lipinski definition) is 4. The lowest BCUT2D eigenvalue weighted by atomic mass is 9.89. The molecule has 0 aliphatic carbocycles. The molecule has 2 atom stereocenters. The molecular weight excluding hydrogens is 202 g/mol. The second kappa shape index (κ2) is 4.78. The van der Waals surface area contributed by atoms with Crippen LogP contribution in [0.5, 0.6) is 0 Å². The first-order chi connectivity index (χ1) is 7.70. The molecule has 0 spiro atoms. The van der Waals surface area contributed by atoms with E-state index in [1.165, 1.54) is 6.42 Å². The molecule has 0 aromatic carbocycles. The van der Waals surface area contributed by atoms with Crippen LogP contribution in [0.4, 0.5) is 5.95 Å². The predicted octanol–water partition coefficient (Wildman–Crippen LogP) is 1.45. The van der Waals surface area contributed by atoms with Crippen LogP contribution < -0.4 is 4.90 Å². The molecule has 0 bridgehead atoms. The molecule has 2 rings (SSSR count). The minimum Gasteiger partial charge on any atom is -0.392 e. The summed E-state index contributed by atoms with van der Waals surface area (Å²) < 4.78 is 0. The number of rotatable bonds is 2. The number of aromatic nitrogens is 2. The van der Waals surface area contributed by atoms with Gasteiger partial charge in [0, 0.05) is 31.0 Å². The van der Waals surface area contributed by atoms with E-state index in [4.69, 9.17) is 5.11 Å². The van der Waals surface area contributed by atoms with E-state index in [1.54, 1.807) is 12.4 Å². The van der Waals surface area contributed by atoms with Crippen LogP contribution in [0.1, 0.15) is 25.8 Å². The molecule has 2 heterocycles. The monoisotopic (exact) mass is 221 g/mol. The Bertz CT molecular complexity index is 339. The first-order valence-electron chi connectivity index (χ1n) is 5.87. The molecule has 1 aliphatic rings. The van der Waals surface area contributed by atoms with Crippen molar-refractivity contribution >= 4 is 5.95 Å². The van der Waals surface area contributed by atoms with Crippen molar-refractivity contribution in [2.24, 2.45) is 11.8 Å². The van der Waals surface area contributed by atoms with Crippen molar-refractivity contribution in [1.82, 2.24) is 9.97 Å². The van der Waals surface area contributed by atoms with Crippen LogP contribution in [0.3, 0.4) is 0 Å². The molecule has 1 aromatic rings. The molecule has 4 nitrogen and oxygen atoms in total. The van der Waals surface area contributed by atoms with E-state index in [9.17, 15) is 0 Å². The Labute approximate surface area is 96.3 Å². The van der Waals surface area contributed by atoms with Gasteiger partial charge < -0.3 is 10.0 Å². The van der Waals surface area contributed by atoms with Gasteiger partial charge in [-0.3, -0.25) is 0 Å². The Kier molecular flexibility index (Phi) is 3.39. The van der Waals surface area contributed by atoms with Crippen molar-refractivity contribution in [1.29, 1.82) is 0 Å². The van der Waals surface area contributed by atoms with E-state index in [-0.39, 0.29) is 6.61 Å². The summed E-state index contributed by atoms with van der Waals surface area (Å²) in [7, 11) is 0. The molecule has 88 valence electrons. The first kappa shape index (κ1) is 11.3. The quantitative estimate of drug-likeness (QED) is 0.821. The van der Waals surface area contributed by atoms with Gasteiger partial charge in [0.15, 0.2) is 0 Å². The molecule has 2 unspecified atom stereocenters. The second-order valence-corrected chi connectivity index (χ2v) is 4.74. The summed E-state index contributed by atoms with van der Waals surface area (Å²) >= 11 is 0. The average Bonchev–Trinajstić information content (AvgIpc) is 2.33. The number of nitrogens with zero attached hydrogens (tertiary/aromatic N) is 3. The maximum Gasteiger partial charge on any atom is 0.225 e. The number of piperidine rings is 1. The molecule has 0 radical (unpaired) electrons. The Balaban J connectivity index is 2.06. The van der Waals surface area contributed by atoms with Crippen molar-refractivity contribution < 1.29 is 5.11 Å². The minimum absolute atomic E-state index is 0.00766. The van der Waals surface area contributed by atoms with Crippen molar-refractivity contribution in [3.05, 3.63) is 18.0 Å². The molecule has 0 amide bonds. The van der Waals surface area contributed by atoms with Gasteiger partial charge in [-0.25, -0.2) is 9.97 Å². The molecule has 16 heavy (non-hydrogen) atoms. The van der Waals surface area contributed by atoms with Gasteiger partial charge in [0.05, 0.1) is 6.61 Å². The fraction of sp³-hybridized carbons (Fsp3) is 0.667. The SMILES string of the molecule is CC1CCN(c2ncc(CO)cn2)CC1C. The van der Waals surface area contributed by atoms with E-state index in [1.807, 2.05) is 0 Å². The Morgan fingerprint density at radius 3 is 2.56 bits per heavy atom. The maximum absolute atomic E-state index is 8.92. The highest BCUT2D eigenvalue weighted by atomic mass is 16.3. The summed E-state index contributed by atoms with van der Waals surface area (Å²) in [6.07, 6.45) is 4.60. The Morgan fingerprint density at radius 2 is 2.00 bits per heavy atom. The second-order valence-electron chi connectivity index (χ2n) is 4.74. The zero-order chi connectivity index (χ0) is 11.5. The summed E-state index contributed by atoms with van der Waals surface area (Å²) in [4.78, 5) is 10.8. The molecule has 1 aliphatic heterocycles. The lowest BCUT2D eigenvalue weighted by molar-refractivity contribution is 0.280. The van der Waals surface area contributed by atoms with Crippen molar-refractivity contribution in [3.63, 3.8) is 0 Å². The van der Waals surface area contributed by atoms with Crippen molar-refractivity contribution in [2.45, 2.75) is 26.9 Å². The largest absolute Gasteiger partial charge is 0.392 e. The van der Waals surface area contributed by atoms with Crippen LogP contribution in [-0.2, 0) is 6.61 Å². The van der Waals surface area contributed by atoms with E-state index < -0.39 is 0 Å². The molecule has 4 heteroatoms. The van der Waals surface area contributed by atoms with Crippen LogP contribution in [0.2, 0.25) is 0 Å². The lowest BCUT2D eigenvalue weighted by Crippen LogP contribution is -2.39. The third-order valence-corrected chi connectivity index (χ3v) is 3.49. The predicted molar refractivity (Wildman–Crippen MR) is 63.1 cm³/mol. The molecule has 0 saturated carbocycles. The Morgan fingerprint density at radius 1 is 1.31 bits per heavy atom. The van der Waals surface area contributed by atoms with Gasteiger partial charge in [-0.05, 0) is 18.3 Å². The summed E-state index contributed by atoms with van der Waals surface area (Å²) in [6, 6.07) is 0. The molecule has 1 aromatic heterocycles. The van der Waals surface area contributed by atoms with Crippen LogP contribution in [0.25, 0.3) is 0 Å². The summed E-state index contributed by atoms with van der Waals surface area (Å²) in [5.74, 6) is 2.26. The third kappa shape index (κ3) is 2.32. The standard InChI is InChI=1S/C12H19N3O/c1-9-3-4-15(7-10(9)2)12-13-5-11(8-16)6-14-12/h5-6,9-10,16H,3-4,7-8H2,1-2H3. The van der Waals surface area contributed by atoms with Gasteiger partial charge in [-0.15, -0.1) is 0 Å². The normalized spacial score (nSPS) is 25.8. The van der Waals surface area contributed by atoms with Crippen LogP contribution >= 0.6 is 0 Å². The number of hydrogen-bond donors (Lipinski definition) is 1. The van der Waals surface area contributed by atoms with Gasteiger partial charge >= 0.3 is 0 Å². The first-order valence-corrected chi connectivity index (χ1v) is 5.87. The lowest BCUT2D eigenvalue weighted by Gasteiger charge is -2.35. The molecule has 1 saturated heterocycles. The van der Waals surface area contributed by atoms with E-state index in [0.717, 1.165) is 30.5 Å². The van der Waals surface area contributed by atoms with E-state index in [0.29, 0.717) is 5.92 Å². The molecule has 1 fully saturated rings. The van der Waals surface area contributed by atoms with Crippen molar-refractivity contribution in [2.75, 3.05) is 18.0 Å². The van der Waals surface area contributed by atoms with Gasteiger partial charge in [0.25, 0.3) is 0 Å². The highest BCUT2D eigenvalue weighted by Crippen LogP contribution is 2.24. The maximum atomic E-state index is 8.92. The number of anilines is 1. The Hall–Kier alpha value is -1.16. The van der Waals surface area contributed by atoms with Crippen LogP contribution in [-0.4, -0.2) is 28.2 Å². The number of aliphatic hydroxyl groups excluding tert-OH is 1. The number of aliphatic hydroxyl groups is 1. The van der Waals surface area contributed by atoms with E-state index >= 15 is 0 Å². The third-order valence-electron chi connectivity index (χ3n) is 3.49. The van der Waals surface area contributed by atoms with Gasteiger partial charge in [0.1, 0.15) is 0 Å². The highest BCUT2D eigenvalue weighted by Gasteiger charge is 2.23. The van der Waals surface area contributed by atoms with Gasteiger partial charge in [0.2, 0.25) is 5.95 Å². The zero-order valence-electron chi connectivity index (χ0n) is 9.93. The fourth-order valence-corrected chi connectivity index (χ4v) is 2.04. The fourth-order valence-electron chi connectivity index (χ4n) is 2.04. The molecular formula is C12H19N3O. The summed E-state index contributed by atoms with van der Waals surface area (Å²) in [5, 5.41) is 8.92. The summed E-state index contributed by atoms with van der Waals surface area (Å²) in [6.45, 7) is 6.65. The topological polar surface area (TPSA) is 49.2 Å². The van der Waals surface area contributed by atoms with Crippen LogP contribution in [0, 0.1) is 11.8 Å². The average molecular weight is 221 g/mol. The smallest absolute Gasteiger partial charge is 0.225 e. The van der Waals surface area contributed by atoms with Crippen molar-refractivity contribution in [3.8, 4) is 0 Å². The minimum atomic E-state index is 0.00766. The summed E-state index contributed by atoms with van der Waals surface area (Å²) in [5.41, 5.74) is 0.766. The van der Waals surface area contributed by atoms with E-state index in [2.05, 4.69) is 28.7 Å². The van der Waals surface area contributed by atoms with Gasteiger partial charge in [-0.2, -0.15) is 0 Å². The zero-order valence-corrected chi connectivity index (χ0v) is 9.93. The highest BCUT2D eigenvalue weighted by molar-refractivity contribution is 5.30. The van der Waals surface area contributed by atoms with Gasteiger partial charge in [-0.1, -0.05) is 13.8 Å².